The third-order valence-corrected chi connectivity index (χ3v) is 4.41. The largest absolute Gasteiger partial charge is 0.384 e. The Morgan fingerprint density at radius 3 is 2.71 bits per heavy atom. The molecule has 0 spiro atoms. The lowest BCUT2D eigenvalue weighted by molar-refractivity contribution is 1.15. The molecule has 0 unspecified atom stereocenters. The minimum Gasteiger partial charge on any atom is -0.384 e. The number of aryl methyl sites for hydroxylation is 1. The Bertz CT molecular complexity index is 581. The number of nitrogens with one attached hydrogen (secondary N) is 1. The van der Waals surface area contributed by atoms with Crippen molar-refractivity contribution in [3.63, 3.8) is 0 Å². The summed E-state index contributed by atoms with van der Waals surface area (Å²) in [6.07, 6.45) is 0. The van der Waals surface area contributed by atoms with E-state index in [1.807, 2.05) is 0 Å². The lowest BCUT2D eigenvalue weighted by Crippen LogP contribution is -2.04. The van der Waals surface area contributed by atoms with Gasteiger partial charge in [-0.25, -0.2) is 0 Å². The Balaban J connectivity index is 2.92. The first-order chi connectivity index (χ1) is 8.06. The van der Waals surface area contributed by atoms with E-state index >= 15 is 0 Å². The van der Waals surface area contributed by atoms with Crippen LogP contribution in [-0.4, -0.2) is 11.5 Å². The molecule has 2 rings (SSSR count). The molecule has 90 valence electrons. The van der Waals surface area contributed by atoms with Gasteiger partial charge >= 0.3 is 0 Å². The van der Waals surface area contributed by atoms with Crippen molar-refractivity contribution in [1.82, 2.24) is 4.98 Å². The maximum Gasteiger partial charge on any atom is 0.0870 e. The summed E-state index contributed by atoms with van der Waals surface area (Å²) in [4.78, 5) is 4.70. The van der Waals surface area contributed by atoms with Crippen molar-refractivity contribution in [1.29, 1.82) is 0 Å². The van der Waals surface area contributed by atoms with Gasteiger partial charge in [0.1, 0.15) is 0 Å². The highest BCUT2D eigenvalue weighted by Crippen LogP contribution is 2.35. The number of fused-ring (bicyclic) bond motifs is 1. The second-order valence-corrected chi connectivity index (χ2v) is 6.00. The van der Waals surface area contributed by atoms with Crippen LogP contribution in [0.5, 0.6) is 0 Å². The summed E-state index contributed by atoms with van der Waals surface area (Å²) in [5.74, 6) is 0. The van der Waals surface area contributed by atoms with Gasteiger partial charge in [-0.15, -0.1) is 0 Å². The van der Waals surface area contributed by atoms with Crippen LogP contribution in [0.4, 0.5) is 5.69 Å². The molecule has 0 aliphatic rings. The molecular weight excluding hydrogens is 391 g/mol. The molecule has 0 bridgehead atoms. The summed E-state index contributed by atoms with van der Waals surface area (Å²) in [7, 11) is 0. The van der Waals surface area contributed by atoms with Crippen LogP contribution >= 0.6 is 38.5 Å². The monoisotopic (exact) mass is 404 g/mol. The van der Waals surface area contributed by atoms with Crippen LogP contribution in [0, 0.1) is 17.4 Å². The second-order valence-electron chi connectivity index (χ2n) is 3.98. The van der Waals surface area contributed by atoms with Crippen molar-refractivity contribution in [3.05, 3.63) is 31.4 Å². The molecule has 1 aromatic carbocycles. The minimum absolute atomic E-state index is 0.914. The fourth-order valence-corrected chi connectivity index (χ4v) is 2.99. The van der Waals surface area contributed by atoms with Crippen molar-refractivity contribution in [2.45, 2.75) is 20.8 Å². The van der Waals surface area contributed by atoms with Crippen molar-refractivity contribution >= 4 is 55.1 Å². The van der Waals surface area contributed by atoms with Gasteiger partial charge in [0.05, 0.1) is 5.52 Å². The third-order valence-electron chi connectivity index (χ3n) is 2.88. The summed E-state index contributed by atoms with van der Waals surface area (Å²) in [5, 5.41) is 4.64. The molecule has 17 heavy (non-hydrogen) atoms. The van der Waals surface area contributed by atoms with Gasteiger partial charge in [0.25, 0.3) is 0 Å². The predicted octanol–water partition coefficient (Wildman–Crippen LogP) is 4.65. The maximum atomic E-state index is 4.70. The molecule has 0 atom stereocenters. The molecule has 4 heteroatoms. The first-order valence-electron chi connectivity index (χ1n) is 5.55. The number of anilines is 1. The number of pyridine rings is 1. The summed E-state index contributed by atoms with van der Waals surface area (Å²) < 4.78 is 2.28. The van der Waals surface area contributed by atoms with Gasteiger partial charge in [0, 0.05) is 31.4 Å². The topological polar surface area (TPSA) is 24.9 Å². The van der Waals surface area contributed by atoms with Gasteiger partial charge in [0.2, 0.25) is 0 Å². The first-order valence-corrected chi connectivity index (χ1v) is 7.42. The van der Waals surface area contributed by atoms with Crippen LogP contribution < -0.4 is 5.32 Å². The average Bonchev–Trinajstić information content (AvgIpc) is 2.30. The van der Waals surface area contributed by atoms with Crippen LogP contribution in [0.3, 0.4) is 0 Å². The average molecular weight is 405 g/mol. The lowest BCUT2D eigenvalue weighted by atomic mass is 10.1. The quantitative estimate of drug-likeness (QED) is 0.737. The normalized spacial score (nSPS) is 10.9. The standard InChI is InChI=1S/C13H14BrIN2/c1-4-16-12-7(2)8(3)17-13-10(15)6-5-9(14)11(12)13/h5-6H,4H2,1-3H3,(H,16,17). The number of nitrogens with zero attached hydrogens (tertiary/aromatic N) is 1. The molecule has 0 aliphatic carbocycles. The number of hydrogen-bond donors (Lipinski definition) is 1. The van der Waals surface area contributed by atoms with Crippen molar-refractivity contribution in [3.8, 4) is 0 Å². The van der Waals surface area contributed by atoms with Gasteiger partial charge in [-0.2, -0.15) is 0 Å². The zero-order chi connectivity index (χ0) is 12.6. The van der Waals surface area contributed by atoms with Crippen molar-refractivity contribution in [2.75, 3.05) is 11.9 Å². The Labute approximate surface area is 123 Å². The van der Waals surface area contributed by atoms with Crippen molar-refractivity contribution in [2.24, 2.45) is 0 Å². The predicted molar refractivity (Wildman–Crippen MR) is 85.8 cm³/mol. The van der Waals surface area contributed by atoms with E-state index in [9.17, 15) is 0 Å². The summed E-state index contributed by atoms with van der Waals surface area (Å²) in [5.41, 5.74) is 4.57. The van der Waals surface area contributed by atoms with E-state index in [0.717, 1.165) is 22.2 Å². The van der Waals surface area contributed by atoms with Gasteiger partial charge in [0.15, 0.2) is 0 Å². The molecule has 1 heterocycles. The van der Waals surface area contributed by atoms with Crippen molar-refractivity contribution < 1.29 is 0 Å². The van der Waals surface area contributed by atoms with E-state index in [-0.39, 0.29) is 0 Å². The molecule has 0 fully saturated rings. The van der Waals surface area contributed by atoms with E-state index in [0.29, 0.717) is 0 Å². The molecule has 0 radical (unpaired) electrons. The maximum absolute atomic E-state index is 4.70. The van der Waals surface area contributed by atoms with Gasteiger partial charge in [-0.1, -0.05) is 15.9 Å². The van der Waals surface area contributed by atoms with Crippen LogP contribution in [0.1, 0.15) is 18.2 Å². The van der Waals surface area contributed by atoms with E-state index in [1.165, 1.54) is 20.2 Å². The zero-order valence-corrected chi connectivity index (χ0v) is 13.8. The van der Waals surface area contributed by atoms with Crippen LogP contribution in [0.15, 0.2) is 16.6 Å². The fraction of sp³-hybridized carbons (Fsp3) is 0.308. The highest BCUT2D eigenvalue weighted by molar-refractivity contribution is 14.1. The van der Waals surface area contributed by atoms with E-state index in [4.69, 9.17) is 4.98 Å². The van der Waals surface area contributed by atoms with Gasteiger partial charge in [-0.05, 0) is 61.1 Å². The molecule has 1 aromatic heterocycles. The van der Waals surface area contributed by atoms with Crippen LogP contribution in [0.25, 0.3) is 10.9 Å². The van der Waals surface area contributed by atoms with Gasteiger partial charge < -0.3 is 5.32 Å². The van der Waals surface area contributed by atoms with Gasteiger partial charge in [-0.3, -0.25) is 4.98 Å². The molecule has 1 N–H and O–H groups in total. The van der Waals surface area contributed by atoms with E-state index in [2.05, 4.69) is 76.7 Å². The fourth-order valence-electron chi connectivity index (χ4n) is 1.91. The number of halogens is 2. The Hall–Kier alpha value is -0.360. The molecule has 0 saturated heterocycles. The van der Waals surface area contributed by atoms with E-state index in [1.54, 1.807) is 0 Å². The van der Waals surface area contributed by atoms with E-state index < -0.39 is 0 Å². The summed E-state index contributed by atoms with van der Waals surface area (Å²) in [6.45, 7) is 7.21. The van der Waals surface area contributed by atoms with Crippen LogP contribution in [0.2, 0.25) is 0 Å². The zero-order valence-electron chi connectivity index (χ0n) is 10.1. The Morgan fingerprint density at radius 1 is 1.35 bits per heavy atom. The number of rotatable bonds is 2. The third kappa shape index (κ3) is 2.29. The number of hydrogen-bond acceptors (Lipinski definition) is 2. The molecule has 2 aromatic rings. The lowest BCUT2D eigenvalue weighted by Gasteiger charge is -2.15. The first kappa shape index (κ1) is 13.1. The molecule has 0 amide bonds. The minimum atomic E-state index is 0.914. The number of benzene rings is 1. The summed E-state index contributed by atoms with van der Waals surface area (Å²) in [6, 6.07) is 4.17. The highest BCUT2D eigenvalue weighted by atomic mass is 127. The Morgan fingerprint density at radius 2 is 2.06 bits per heavy atom. The molecule has 2 nitrogen and oxygen atoms in total. The molecular formula is C13H14BrIN2. The molecule has 0 saturated carbocycles. The second kappa shape index (κ2) is 5.10. The molecule has 0 aliphatic heterocycles. The highest BCUT2D eigenvalue weighted by Gasteiger charge is 2.13. The Kier molecular flexibility index (Phi) is 3.92. The number of aromatic nitrogens is 1. The summed E-state index contributed by atoms with van der Waals surface area (Å²) >= 11 is 5.96. The SMILES string of the molecule is CCNc1c(C)c(C)nc2c(I)ccc(Br)c12. The smallest absolute Gasteiger partial charge is 0.0870 e. The van der Waals surface area contributed by atoms with Crippen LogP contribution in [-0.2, 0) is 0 Å².